The highest BCUT2D eigenvalue weighted by Gasteiger charge is 2.44. The van der Waals surface area contributed by atoms with Crippen molar-refractivity contribution in [2.45, 2.75) is 0 Å². The molecule has 4 aromatic carbocycles. The van der Waals surface area contributed by atoms with Crippen LogP contribution in [0.15, 0.2) is 96.0 Å². The van der Waals surface area contributed by atoms with Crippen LogP contribution in [0.25, 0.3) is 64.3 Å². The van der Waals surface area contributed by atoms with Crippen molar-refractivity contribution in [2.75, 3.05) is 11.8 Å². The fourth-order valence-corrected chi connectivity index (χ4v) is 10.1. The number of thiophene rings is 2. The molecule has 58 heavy (non-hydrogen) atoms. The van der Waals surface area contributed by atoms with Crippen LogP contribution in [0.5, 0.6) is 11.5 Å². The van der Waals surface area contributed by atoms with Gasteiger partial charge in [-0.1, -0.05) is 18.2 Å². The van der Waals surface area contributed by atoms with Gasteiger partial charge < -0.3 is 19.1 Å². The number of aromatic nitrogens is 2. The second-order valence-corrected chi connectivity index (χ2v) is 15.8. The Labute approximate surface area is 332 Å². The van der Waals surface area contributed by atoms with Crippen LogP contribution < -0.4 is 19.8 Å². The first-order valence-electron chi connectivity index (χ1n) is 17.7. The molecule has 0 saturated heterocycles. The molecular weight excluding hydrogens is 784 g/mol. The number of aryl methyl sites for hydroxylation is 1. The first-order valence-corrected chi connectivity index (χ1v) is 19.5. The molecule has 11 rings (SSSR count). The van der Waals surface area contributed by atoms with Crippen molar-refractivity contribution in [3.8, 4) is 11.5 Å². The molecular formula is C43H23FN4O8S2. The molecule has 0 spiro atoms. The molecule has 3 aliphatic rings. The molecule has 7 heterocycles. The Hall–Kier alpha value is -7.36. The Morgan fingerprint density at radius 3 is 2.05 bits per heavy atom. The zero-order valence-electron chi connectivity index (χ0n) is 29.8. The maximum absolute atomic E-state index is 15.2. The standard InChI is InChI=1S/C43H23FN4O8S2/c1-46-14-25(21-4-2-3-5-29(21)46)37-38(28-17-58-33-8-6-19(43(53)54)10-23(28)33)42(52)48(41(37)51)47-15-26(22-12-31-32(13-30(22)47)56-18-55-31)35-36(40(50)45-39(35)49)27-16-57-34-9-7-20(44)11-24(27)34/h2-17H,18H2,1H3,(H,53,54)(H,45,49,50). The third-order valence-corrected chi connectivity index (χ3v) is 12.7. The molecule has 282 valence electrons. The number of hydrogen-bond donors (Lipinski definition) is 2. The van der Waals surface area contributed by atoms with Crippen LogP contribution in [-0.4, -0.2) is 50.7 Å². The van der Waals surface area contributed by atoms with Gasteiger partial charge in [-0.05, 0) is 48.5 Å². The van der Waals surface area contributed by atoms with Crippen LogP contribution in [0.2, 0.25) is 0 Å². The molecule has 0 aliphatic carbocycles. The Bertz CT molecular complexity index is 3350. The van der Waals surface area contributed by atoms with Crippen LogP contribution in [0.4, 0.5) is 4.39 Å². The first-order chi connectivity index (χ1) is 28.1. The number of aromatic carboxylic acids is 1. The zero-order chi connectivity index (χ0) is 39.7. The van der Waals surface area contributed by atoms with E-state index in [0.29, 0.717) is 59.1 Å². The summed E-state index contributed by atoms with van der Waals surface area (Å²) in [5, 5.41) is 18.7. The van der Waals surface area contributed by atoms with Crippen molar-refractivity contribution in [2.24, 2.45) is 7.05 Å². The third kappa shape index (κ3) is 4.68. The highest BCUT2D eigenvalue weighted by atomic mass is 32.1. The lowest BCUT2D eigenvalue weighted by atomic mass is 9.95. The number of carbonyl (C=O) groups excluding carboxylic acids is 4. The predicted octanol–water partition coefficient (Wildman–Crippen LogP) is 7.31. The first kappa shape index (κ1) is 33.9. The minimum absolute atomic E-state index is 0.00637. The Morgan fingerprint density at radius 2 is 1.31 bits per heavy atom. The van der Waals surface area contributed by atoms with E-state index in [1.807, 2.05) is 35.9 Å². The number of amides is 4. The fraction of sp³-hybridized carbons (Fsp3) is 0.0465. The lowest BCUT2D eigenvalue weighted by Gasteiger charge is -2.18. The number of para-hydroxylation sites is 1. The van der Waals surface area contributed by atoms with Crippen LogP contribution in [-0.2, 0) is 26.2 Å². The molecule has 0 unspecified atom stereocenters. The summed E-state index contributed by atoms with van der Waals surface area (Å²) in [5.74, 6) is -3.81. The number of fused-ring (bicyclic) bond motifs is 5. The van der Waals surface area contributed by atoms with Gasteiger partial charge in [0.15, 0.2) is 11.5 Å². The second kappa shape index (κ2) is 12.1. The summed E-state index contributed by atoms with van der Waals surface area (Å²) in [5.41, 5.74) is 2.63. The number of carboxylic acids is 1. The smallest absolute Gasteiger partial charge is 0.335 e. The lowest BCUT2D eigenvalue weighted by molar-refractivity contribution is -0.123. The van der Waals surface area contributed by atoms with Gasteiger partial charge in [-0.2, -0.15) is 5.01 Å². The molecule has 12 nitrogen and oxygen atoms in total. The van der Waals surface area contributed by atoms with Gasteiger partial charge >= 0.3 is 5.97 Å². The summed E-state index contributed by atoms with van der Waals surface area (Å²) in [4.78, 5) is 70.1. The predicted molar refractivity (Wildman–Crippen MR) is 217 cm³/mol. The number of carbonyl (C=O) groups is 5. The van der Waals surface area contributed by atoms with Gasteiger partial charge in [0, 0.05) is 95.0 Å². The van der Waals surface area contributed by atoms with E-state index in [-0.39, 0.29) is 45.7 Å². The largest absolute Gasteiger partial charge is 0.478 e. The Morgan fingerprint density at radius 1 is 0.690 bits per heavy atom. The van der Waals surface area contributed by atoms with Crippen molar-refractivity contribution in [3.05, 3.63) is 130 Å². The minimum atomic E-state index is -1.15. The van der Waals surface area contributed by atoms with Gasteiger partial charge in [0.05, 0.1) is 33.4 Å². The number of halogens is 1. The summed E-state index contributed by atoms with van der Waals surface area (Å²) < 4.78 is 30.6. The normalized spacial score (nSPS) is 15.5. The number of carboxylic acid groups (broad SMARTS) is 1. The molecule has 0 radical (unpaired) electrons. The summed E-state index contributed by atoms with van der Waals surface area (Å²) >= 11 is 2.60. The van der Waals surface area contributed by atoms with Crippen LogP contribution in [0, 0.1) is 5.82 Å². The molecule has 4 amide bonds. The highest BCUT2D eigenvalue weighted by molar-refractivity contribution is 7.18. The monoisotopic (exact) mass is 806 g/mol. The highest BCUT2D eigenvalue weighted by Crippen LogP contribution is 2.47. The van der Waals surface area contributed by atoms with Gasteiger partial charge in [-0.15, -0.1) is 22.7 Å². The summed E-state index contributed by atoms with van der Waals surface area (Å²) in [6, 6.07) is 19.6. The van der Waals surface area contributed by atoms with Crippen molar-refractivity contribution in [1.82, 2.24) is 14.6 Å². The van der Waals surface area contributed by atoms with Crippen LogP contribution >= 0.6 is 22.7 Å². The molecule has 8 aromatic rings. The number of nitrogens with zero attached hydrogens (tertiary/aromatic N) is 3. The van der Waals surface area contributed by atoms with E-state index >= 15 is 9.59 Å². The molecule has 4 aromatic heterocycles. The summed E-state index contributed by atoms with van der Waals surface area (Å²) in [7, 11) is 1.84. The molecule has 0 bridgehead atoms. The van der Waals surface area contributed by atoms with Crippen molar-refractivity contribution in [3.63, 3.8) is 0 Å². The topological polar surface area (TPSA) is 149 Å². The average molecular weight is 807 g/mol. The summed E-state index contributed by atoms with van der Waals surface area (Å²) in [6.07, 6.45) is 3.24. The van der Waals surface area contributed by atoms with E-state index in [1.165, 1.54) is 57.8 Å². The zero-order valence-corrected chi connectivity index (χ0v) is 31.4. The van der Waals surface area contributed by atoms with E-state index in [9.17, 15) is 23.9 Å². The van der Waals surface area contributed by atoms with E-state index in [4.69, 9.17) is 9.47 Å². The van der Waals surface area contributed by atoms with Gasteiger partial charge in [0.2, 0.25) is 6.79 Å². The van der Waals surface area contributed by atoms with Crippen molar-refractivity contribution < 1.29 is 42.9 Å². The third-order valence-electron chi connectivity index (χ3n) is 10.8. The minimum Gasteiger partial charge on any atom is -0.478 e. The van der Waals surface area contributed by atoms with Crippen LogP contribution in [0.1, 0.15) is 32.6 Å². The van der Waals surface area contributed by atoms with E-state index < -0.39 is 35.4 Å². The fourth-order valence-electron chi connectivity index (χ4n) is 8.24. The quantitative estimate of drug-likeness (QED) is 0.166. The number of benzene rings is 4. The molecule has 0 fully saturated rings. The Kier molecular flexibility index (Phi) is 7.06. The van der Waals surface area contributed by atoms with Gasteiger partial charge in [-0.25, -0.2) is 13.9 Å². The van der Waals surface area contributed by atoms with E-state index in [1.54, 1.807) is 41.2 Å². The summed E-state index contributed by atoms with van der Waals surface area (Å²) in [6.45, 7) is -0.0985. The van der Waals surface area contributed by atoms with Gasteiger partial charge in [0.25, 0.3) is 23.6 Å². The average Bonchev–Trinajstić information content (AvgIpc) is 4.08. The second-order valence-electron chi connectivity index (χ2n) is 13.9. The maximum atomic E-state index is 15.2. The van der Waals surface area contributed by atoms with Crippen molar-refractivity contribution >= 4 is 117 Å². The lowest BCUT2D eigenvalue weighted by Crippen LogP contribution is -2.40. The molecule has 3 aliphatic heterocycles. The SMILES string of the molecule is Cn1cc(C2=C(c3csc4ccc(C(=O)O)cc34)C(=O)N(n3cc(C4=C(c5csc6ccc(F)cc56)C(=O)NC4=O)c4cc5c(cc43)OCO5)C2=O)c2ccccc21. The number of ether oxygens (including phenoxy) is 2. The number of nitrogens with one attached hydrogen (secondary N) is 1. The molecule has 2 N–H and O–H groups in total. The number of hydrogen-bond acceptors (Lipinski definition) is 9. The van der Waals surface area contributed by atoms with Gasteiger partial charge in [0.1, 0.15) is 5.82 Å². The van der Waals surface area contributed by atoms with Gasteiger partial charge in [-0.3, -0.25) is 24.5 Å². The Balaban J connectivity index is 1.18. The van der Waals surface area contributed by atoms with Crippen molar-refractivity contribution in [1.29, 1.82) is 0 Å². The number of imide groups is 2. The van der Waals surface area contributed by atoms with E-state index in [0.717, 1.165) is 10.5 Å². The molecule has 0 atom stereocenters. The van der Waals surface area contributed by atoms with Crippen LogP contribution in [0.3, 0.4) is 0 Å². The maximum Gasteiger partial charge on any atom is 0.335 e. The molecule has 15 heteroatoms. The molecule has 0 saturated carbocycles. The number of rotatable bonds is 6. The van der Waals surface area contributed by atoms with E-state index in [2.05, 4.69) is 5.32 Å².